The number of nitrogens with zero attached hydrogens (tertiary/aromatic N) is 3. The first-order valence-electron chi connectivity index (χ1n) is 11.0. The average Bonchev–Trinajstić information content (AvgIpc) is 3.13. The highest BCUT2D eigenvalue weighted by molar-refractivity contribution is 7.99. The lowest BCUT2D eigenvalue weighted by Crippen LogP contribution is -2.28. The molecule has 3 aromatic rings. The molecule has 0 spiro atoms. The zero-order valence-electron chi connectivity index (χ0n) is 20.2. The van der Waals surface area contributed by atoms with E-state index in [1.807, 2.05) is 24.3 Å². The van der Waals surface area contributed by atoms with E-state index in [0.717, 1.165) is 12.0 Å². The molecular formula is C25H33N5O2S. The number of ether oxygens (including phenoxy) is 1. The van der Waals surface area contributed by atoms with Gasteiger partial charge in [0.1, 0.15) is 5.75 Å². The maximum atomic E-state index is 12.4. The van der Waals surface area contributed by atoms with E-state index in [1.54, 1.807) is 7.11 Å². The van der Waals surface area contributed by atoms with Crippen LogP contribution in [0.15, 0.2) is 41.6 Å². The summed E-state index contributed by atoms with van der Waals surface area (Å²) in [6.07, 6.45) is 0.795. The third kappa shape index (κ3) is 5.87. The lowest BCUT2D eigenvalue weighted by molar-refractivity contribution is -0.118. The van der Waals surface area contributed by atoms with Crippen molar-refractivity contribution in [1.29, 1.82) is 0 Å². The lowest BCUT2D eigenvalue weighted by atomic mass is 9.83. The molecule has 0 fully saturated rings. The minimum Gasteiger partial charge on any atom is -0.496 e. The Morgan fingerprint density at radius 1 is 1.15 bits per heavy atom. The molecule has 0 saturated heterocycles. The molecule has 1 heterocycles. The summed E-state index contributed by atoms with van der Waals surface area (Å²) in [5.74, 6) is 7.47. The van der Waals surface area contributed by atoms with E-state index in [2.05, 4.69) is 62.3 Å². The van der Waals surface area contributed by atoms with Gasteiger partial charge in [0, 0.05) is 6.54 Å². The number of nitrogen functional groups attached to an aromatic ring is 1. The van der Waals surface area contributed by atoms with Crippen molar-refractivity contribution in [3.8, 4) is 17.1 Å². The van der Waals surface area contributed by atoms with Gasteiger partial charge in [-0.2, -0.15) is 0 Å². The Bertz CT molecular complexity index is 1110. The first kappa shape index (κ1) is 24.6. The Morgan fingerprint density at radius 2 is 1.82 bits per heavy atom. The molecule has 176 valence electrons. The van der Waals surface area contributed by atoms with Gasteiger partial charge >= 0.3 is 0 Å². The van der Waals surface area contributed by atoms with E-state index >= 15 is 0 Å². The summed E-state index contributed by atoms with van der Waals surface area (Å²) < 4.78 is 6.76. The van der Waals surface area contributed by atoms with Crippen LogP contribution < -0.4 is 15.9 Å². The number of aromatic nitrogens is 3. The van der Waals surface area contributed by atoms with Crippen LogP contribution in [0.5, 0.6) is 5.75 Å². The molecule has 1 aromatic heterocycles. The number of nitrogens with one attached hydrogen (secondary N) is 1. The number of carbonyl (C=O) groups excluding carboxylic acids is 1. The van der Waals surface area contributed by atoms with E-state index < -0.39 is 0 Å². The smallest absolute Gasteiger partial charge is 0.230 e. The highest BCUT2D eigenvalue weighted by Gasteiger charge is 2.18. The summed E-state index contributed by atoms with van der Waals surface area (Å²) in [7, 11) is 1.60. The van der Waals surface area contributed by atoms with Crippen molar-refractivity contribution in [2.24, 2.45) is 0 Å². The number of hydrogen-bond donors (Lipinski definition) is 2. The molecule has 0 atom stereocenters. The predicted molar refractivity (Wildman–Crippen MR) is 134 cm³/mol. The molecule has 0 radical (unpaired) electrons. The molecule has 33 heavy (non-hydrogen) atoms. The average molecular weight is 468 g/mol. The normalized spacial score (nSPS) is 11.5. The fourth-order valence-electron chi connectivity index (χ4n) is 3.72. The van der Waals surface area contributed by atoms with Crippen molar-refractivity contribution in [2.45, 2.75) is 51.6 Å². The lowest BCUT2D eigenvalue weighted by Gasteiger charge is -2.22. The summed E-state index contributed by atoms with van der Waals surface area (Å²) in [5, 5.41) is 11.8. The summed E-state index contributed by atoms with van der Waals surface area (Å²) in [4.78, 5) is 12.4. The zero-order chi connectivity index (χ0) is 24.2. The van der Waals surface area contributed by atoms with Crippen LogP contribution in [0, 0.1) is 13.8 Å². The Kier molecular flexibility index (Phi) is 7.68. The third-order valence-corrected chi connectivity index (χ3v) is 6.55. The zero-order valence-corrected chi connectivity index (χ0v) is 21.0. The number of para-hydroxylation sites is 1. The number of benzene rings is 2. The number of amides is 1. The van der Waals surface area contributed by atoms with Gasteiger partial charge in [-0.1, -0.05) is 56.8 Å². The van der Waals surface area contributed by atoms with E-state index in [9.17, 15) is 4.79 Å². The van der Waals surface area contributed by atoms with Gasteiger partial charge in [-0.05, 0) is 60.1 Å². The molecular weight excluding hydrogens is 434 g/mol. The van der Waals surface area contributed by atoms with Crippen LogP contribution in [0.1, 0.15) is 43.0 Å². The predicted octanol–water partition coefficient (Wildman–Crippen LogP) is 4.03. The highest BCUT2D eigenvalue weighted by Crippen LogP contribution is 2.29. The molecule has 0 aliphatic carbocycles. The van der Waals surface area contributed by atoms with E-state index in [-0.39, 0.29) is 17.1 Å². The van der Waals surface area contributed by atoms with Gasteiger partial charge in [0.2, 0.25) is 11.1 Å². The maximum Gasteiger partial charge on any atom is 0.230 e. The molecule has 0 aliphatic heterocycles. The highest BCUT2D eigenvalue weighted by atomic mass is 32.2. The van der Waals surface area contributed by atoms with Crippen LogP contribution in [-0.4, -0.2) is 40.2 Å². The van der Waals surface area contributed by atoms with Crippen molar-refractivity contribution in [2.75, 3.05) is 25.3 Å². The monoisotopic (exact) mass is 467 g/mol. The van der Waals surface area contributed by atoms with Crippen molar-refractivity contribution in [3.63, 3.8) is 0 Å². The van der Waals surface area contributed by atoms with E-state index in [0.29, 0.717) is 23.3 Å². The number of aryl methyl sites for hydroxylation is 2. The molecule has 8 heteroatoms. The largest absolute Gasteiger partial charge is 0.496 e. The number of thioether (sulfide) groups is 1. The Hall–Kier alpha value is -3.00. The van der Waals surface area contributed by atoms with Crippen molar-refractivity contribution < 1.29 is 9.53 Å². The van der Waals surface area contributed by atoms with Gasteiger partial charge < -0.3 is 15.9 Å². The number of carbonyl (C=O) groups is 1. The fourth-order valence-corrected chi connectivity index (χ4v) is 4.40. The van der Waals surface area contributed by atoms with Crippen LogP contribution in [0.4, 0.5) is 0 Å². The number of rotatable bonds is 8. The first-order chi connectivity index (χ1) is 15.6. The summed E-state index contributed by atoms with van der Waals surface area (Å²) in [5.41, 5.74) is 6.02. The molecule has 1 amide bonds. The standard InChI is InChI=1S/C25H33N5O2S/c1-16-13-18(25(3,4)5)14-17(2)19(16)11-12-27-22(31)15-33-24-29-28-23(30(24)26)20-9-7-8-10-21(20)32-6/h7-10,13-14H,11-12,15,26H2,1-6H3,(H,27,31). The minimum atomic E-state index is -0.0662. The quantitative estimate of drug-likeness (QED) is 0.384. The molecule has 3 N–H and O–H groups in total. The van der Waals surface area contributed by atoms with Gasteiger partial charge in [0.25, 0.3) is 0 Å². The van der Waals surface area contributed by atoms with E-state index in [4.69, 9.17) is 10.6 Å². The number of methoxy groups -OCH3 is 1. The first-order valence-corrected chi connectivity index (χ1v) is 11.9. The van der Waals surface area contributed by atoms with Gasteiger partial charge in [-0.15, -0.1) is 10.2 Å². The second-order valence-corrected chi connectivity index (χ2v) is 10.0. The van der Waals surface area contributed by atoms with Gasteiger partial charge in [0.05, 0.1) is 18.4 Å². The summed E-state index contributed by atoms with van der Waals surface area (Å²) in [6, 6.07) is 12.0. The second kappa shape index (κ2) is 10.3. The van der Waals surface area contributed by atoms with E-state index in [1.165, 1.54) is 38.7 Å². The minimum absolute atomic E-state index is 0.0662. The molecule has 0 unspecified atom stereocenters. The number of nitrogens with two attached hydrogens (primary N) is 1. The van der Waals surface area contributed by atoms with Crippen LogP contribution in [0.2, 0.25) is 0 Å². The topological polar surface area (TPSA) is 95.1 Å². The summed E-state index contributed by atoms with van der Waals surface area (Å²) in [6.45, 7) is 11.5. The van der Waals surface area contributed by atoms with Crippen LogP contribution in [0.25, 0.3) is 11.4 Å². The second-order valence-electron chi connectivity index (χ2n) is 9.10. The Balaban J connectivity index is 1.55. The SMILES string of the molecule is COc1ccccc1-c1nnc(SCC(=O)NCCc2c(C)cc(C(C)(C)C)cc2C)n1N. The van der Waals surface area contributed by atoms with Crippen molar-refractivity contribution in [3.05, 3.63) is 58.7 Å². The fraction of sp³-hybridized carbons (Fsp3) is 0.400. The van der Waals surface area contributed by atoms with Gasteiger partial charge in [-0.25, -0.2) is 4.68 Å². The van der Waals surface area contributed by atoms with Crippen LogP contribution in [0.3, 0.4) is 0 Å². The molecule has 0 aliphatic rings. The molecule has 2 aromatic carbocycles. The van der Waals surface area contributed by atoms with Gasteiger partial charge in [0.15, 0.2) is 5.82 Å². The van der Waals surface area contributed by atoms with Crippen LogP contribution >= 0.6 is 11.8 Å². The molecule has 7 nitrogen and oxygen atoms in total. The molecule has 3 rings (SSSR count). The maximum absolute atomic E-state index is 12.4. The molecule has 0 bridgehead atoms. The molecule has 0 saturated carbocycles. The van der Waals surface area contributed by atoms with Crippen molar-refractivity contribution in [1.82, 2.24) is 20.2 Å². The summed E-state index contributed by atoms with van der Waals surface area (Å²) >= 11 is 1.25. The number of hydrogen-bond acceptors (Lipinski definition) is 6. The van der Waals surface area contributed by atoms with Crippen LogP contribution in [-0.2, 0) is 16.6 Å². The Morgan fingerprint density at radius 3 is 2.45 bits per heavy atom. The Labute approximate surface area is 200 Å². The van der Waals surface area contributed by atoms with Crippen molar-refractivity contribution >= 4 is 17.7 Å². The third-order valence-electron chi connectivity index (χ3n) is 5.60. The van der Waals surface area contributed by atoms with Gasteiger partial charge in [-0.3, -0.25) is 4.79 Å².